The van der Waals surface area contributed by atoms with Gasteiger partial charge in [0.15, 0.2) is 0 Å². The average Bonchev–Trinajstić information content (AvgIpc) is 2.00. The molecule has 1 atom stereocenters. The molecule has 0 aromatic carbocycles. The number of hydrogen-bond donors (Lipinski definition) is 1. The van der Waals surface area contributed by atoms with Crippen molar-refractivity contribution in [1.29, 1.82) is 0 Å². The SMILES string of the molecule is CCC#CC(O)CC(=O)OC. The van der Waals surface area contributed by atoms with Gasteiger partial charge in [0.05, 0.1) is 13.5 Å². The predicted octanol–water partition coefficient (Wildman–Crippen LogP) is 0.324. The maximum atomic E-state index is 10.5. The van der Waals surface area contributed by atoms with Crippen LogP contribution < -0.4 is 0 Å². The molecule has 0 rings (SSSR count). The van der Waals surface area contributed by atoms with E-state index in [0.29, 0.717) is 6.42 Å². The molecule has 11 heavy (non-hydrogen) atoms. The Bertz CT molecular complexity index is 176. The van der Waals surface area contributed by atoms with Gasteiger partial charge < -0.3 is 9.84 Å². The van der Waals surface area contributed by atoms with Gasteiger partial charge >= 0.3 is 5.97 Å². The van der Waals surface area contributed by atoms with Crippen LogP contribution in [0.2, 0.25) is 0 Å². The van der Waals surface area contributed by atoms with Crippen molar-refractivity contribution in [2.24, 2.45) is 0 Å². The normalized spacial score (nSPS) is 11.2. The fourth-order valence-corrected chi connectivity index (χ4v) is 0.512. The zero-order valence-corrected chi connectivity index (χ0v) is 6.76. The zero-order chi connectivity index (χ0) is 8.69. The molecule has 0 saturated heterocycles. The molecule has 0 bridgehead atoms. The molecule has 0 aliphatic rings. The number of esters is 1. The summed E-state index contributed by atoms with van der Waals surface area (Å²) in [4.78, 5) is 10.5. The lowest BCUT2D eigenvalue weighted by atomic mass is 10.2. The molecule has 3 nitrogen and oxygen atoms in total. The minimum atomic E-state index is -0.887. The Morgan fingerprint density at radius 1 is 1.73 bits per heavy atom. The Morgan fingerprint density at radius 2 is 2.36 bits per heavy atom. The van der Waals surface area contributed by atoms with Gasteiger partial charge in [0.25, 0.3) is 0 Å². The minimum absolute atomic E-state index is 0.0521. The van der Waals surface area contributed by atoms with Crippen LogP contribution in [-0.2, 0) is 9.53 Å². The van der Waals surface area contributed by atoms with Gasteiger partial charge in [-0.15, -0.1) is 5.92 Å². The van der Waals surface area contributed by atoms with E-state index in [9.17, 15) is 4.79 Å². The van der Waals surface area contributed by atoms with Crippen molar-refractivity contribution < 1.29 is 14.6 Å². The van der Waals surface area contributed by atoms with E-state index in [4.69, 9.17) is 5.11 Å². The molecule has 0 saturated carbocycles. The Morgan fingerprint density at radius 3 is 2.82 bits per heavy atom. The number of hydrogen-bond acceptors (Lipinski definition) is 3. The van der Waals surface area contributed by atoms with E-state index in [2.05, 4.69) is 16.6 Å². The van der Waals surface area contributed by atoms with Gasteiger partial charge in [-0.2, -0.15) is 0 Å². The molecule has 0 aromatic heterocycles. The summed E-state index contributed by atoms with van der Waals surface area (Å²) in [7, 11) is 1.28. The highest BCUT2D eigenvalue weighted by Crippen LogP contribution is 1.91. The first-order valence-electron chi connectivity index (χ1n) is 3.44. The van der Waals surface area contributed by atoms with Crippen LogP contribution >= 0.6 is 0 Å². The number of methoxy groups -OCH3 is 1. The smallest absolute Gasteiger partial charge is 0.309 e. The molecule has 1 unspecified atom stereocenters. The molecule has 0 aliphatic heterocycles. The quantitative estimate of drug-likeness (QED) is 0.462. The lowest BCUT2D eigenvalue weighted by molar-refractivity contribution is -0.142. The highest BCUT2D eigenvalue weighted by Gasteiger charge is 2.06. The van der Waals surface area contributed by atoms with Crippen LogP contribution in [0.3, 0.4) is 0 Å². The molecular formula is C8H12O3. The lowest BCUT2D eigenvalue weighted by Crippen LogP contribution is -2.12. The van der Waals surface area contributed by atoms with Gasteiger partial charge in [0, 0.05) is 6.42 Å². The molecule has 3 heteroatoms. The summed E-state index contributed by atoms with van der Waals surface area (Å²) in [5.74, 6) is 4.73. The van der Waals surface area contributed by atoms with Crippen molar-refractivity contribution in [1.82, 2.24) is 0 Å². The highest BCUT2D eigenvalue weighted by molar-refractivity contribution is 5.70. The Hall–Kier alpha value is -1.01. The summed E-state index contributed by atoms with van der Waals surface area (Å²) in [5, 5.41) is 9.01. The molecule has 1 N–H and O–H groups in total. The predicted molar refractivity (Wildman–Crippen MR) is 40.7 cm³/mol. The van der Waals surface area contributed by atoms with Gasteiger partial charge in [-0.25, -0.2) is 0 Å². The first-order chi connectivity index (χ1) is 5.20. The molecule has 0 amide bonds. The number of aliphatic hydroxyl groups excluding tert-OH is 1. The van der Waals surface area contributed by atoms with Crippen LogP contribution in [0.1, 0.15) is 19.8 Å². The van der Waals surface area contributed by atoms with Crippen LogP contribution in [0.15, 0.2) is 0 Å². The first-order valence-corrected chi connectivity index (χ1v) is 3.44. The largest absolute Gasteiger partial charge is 0.469 e. The maximum Gasteiger partial charge on any atom is 0.309 e. The summed E-state index contributed by atoms with van der Waals surface area (Å²) in [6.07, 6.45) is -0.260. The van der Waals surface area contributed by atoms with Crippen LogP contribution in [0.25, 0.3) is 0 Å². The second kappa shape index (κ2) is 5.75. The third-order valence-corrected chi connectivity index (χ3v) is 1.03. The molecule has 0 heterocycles. The third kappa shape index (κ3) is 5.43. The first kappa shape index (κ1) is 9.99. The average molecular weight is 156 g/mol. The highest BCUT2D eigenvalue weighted by atomic mass is 16.5. The Balaban J connectivity index is 3.68. The molecule has 0 fully saturated rings. The van der Waals surface area contributed by atoms with Crippen molar-refractivity contribution >= 4 is 5.97 Å². The number of aliphatic hydroxyl groups is 1. The van der Waals surface area contributed by atoms with Gasteiger partial charge in [-0.05, 0) is 0 Å². The van der Waals surface area contributed by atoms with Crippen LogP contribution in [0, 0.1) is 11.8 Å². The number of ether oxygens (including phenoxy) is 1. The Kier molecular flexibility index (Phi) is 5.22. The lowest BCUT2D eigenvalue weighted by Gasteiger charge is -1.99. The van der Waals surface area contributed by atoms with Crippen LogP contribution in [-0.4, -0.2) is 24.3 Å². The second-order valence-corrected chi connectivity index (χ2v) is 1.97. The van der Waals surface area contributed by atoms with Crippen molar-refractivity contribution in [3.05, 3.63) is 0 Å². The number of carbonyl (C=O) groups is 1. The van der Waals surface area contributed by atoms with E-state index < -0.39 is 12.1 Å². The molecule has 62 valence electrons. The van der Waals surface area contributed by atoms with Gasteiger partial charge in [0.2, 0.25) is 0 Å². The summed E-state index contributed by atoms with van der Waals surface area (Å²) >= 11 is 0. The minimum Gasteiger partial charge on any atom is -0.469 e. The molecule has 0 aliphatic carbocycles. The van der Waals surface area contributed by atoms with Gasteiger partial charge in [-0.3, -0.25) is 4.79 Å². The second-order valence-electron chi connectivity index (χ2n) is 1.97. The topological polar surface area (TPSA) is 46.5 Å². The summed E-state index contributed by atoms with van der Waals surface area (Å²) in [5.41, 5.74) is 0. The van der Waals surface area contributed by atoms with Crippen LogP contribution in [0.4, 0.5) is 0 Å². The summed E-state index contributed by atoms with van der Waals surface area (Å²) in [6, 6.07) is 0. The standard InChI is InChI=1S/C8H12O3/c1-3-4-5-7(9)6-8(10)11-2/h7,9H,3,6H2,1-2H3. The van der Waals surface area contributed by atoms with Crippen molar-refractivity contribution in [3.8, 4) is 11.8 Å². The van der Waals surface area contributed by atoms with Crippen molar-refractivity contribution in [2.75, 3.05) is 7.11 Å². The van der Waals surface area contributed by atoms with E-state index in [1.807, 2.05) is 6.92 Å². The maximum absolute atomic E-state index is 10.5. The molecule has 0 spiro atoms. The fourth-order valence-electron chi connectivity index (χ4n) is 0.512. The van der Waals surface area contributed by atoms with Crippen molar-refractivity contribution in [3.63, 3.8) is 0 Å². The van der Waals surface area contributed by atoms with E-state index in [0.717, 1.165) is 0 Å². The van der Waals surface area contributed by atoms with Gasteiger partial charge in [-0.1, -0.05) is 12.8 Å². The summed E-state index contributed by atoms with van der Waals surface area (Å²) in [6.45, 7) is 1.87. The third-order valence-electron chi connectivity index (χ3n) is 1.03. The number of carbonyl (C=O) groups excluding carboxylic acids is 1. The van der Waals surface area contributed by atoms with E-state index in [1.54, 1.807) is 0 Å². The fraction of sp³-hybridized carbons (Fsp3) is 0.625. The summed E-state index contributed by atoms with van der Waals surface area (Å²) < 4.78 is 4.33. The zero-order valence-electron chi connectivity index (χ0n) is 6.76. The monoisotopic (exact) mass is 156 g/mol. The van der Waals surface area contributed by atoms with Crippen LogP contribution in [0.5, 0.6) is 0 Å². The van der Waals surface area contributed by atoms with E-state index in [1.165, 1.54) is 7.11 Å². The number of rotatable bonds is 2. The van der Waals surface area contributed by atoms with E-state index >= 15 is 0 Å². The van der Waals surface area contributed by atoms with E-state index in [-0.39, 0.29) is 6.42 Å². The molecule has 0 radical (unpaired) electrons. The Labute approximate surface area is 66.4 Å². The molecule has 0 aromatic rings. The van der Waals surface area contributed by atoms with Crippen molar-refractivity contribution in [2.45, 2.75) is 25.9 Å². The van der Waals surface area contributed by atoms with Gasteiger partial charge in [0.1, 0.15) is 6.10 Å². The molecular weight excluding hydrogens is 144 g/mol.